The summed E-state index contributed by atoms with van der Waals surface area (Å²) >= 11 is 0. The van der Waals surface area contributed by atoms with E-state index >= 15 is 0 Å². The van der Waals surface area contributed by atoms with Crippen LogP contribution in [0.1, 0.15) is 37.0 Å². The van der Waals surface area contributed by atoms with Crippen LogP contribution in [-0.4, -0.2) is 27.2 Å². The Morgan fingerprint density at radius 3 is 2.97 bits per heavy atom. The Hall–Kier alpha value is -3.21. The first-order valence-corrected chi connectivity index (χ1v) is 9.94. The predicted molar refractivity (Wildman–Crippen MR) is 115 cm³/mol. The third-order valence-corrected chi connectivity index (χ3v) is 5.29. The quantitative estimate of drug-likeness (QED) is 0.686. The van der Waals surface area contributed by atoms with Crippen LogP contribution in [0, 0.1) is 5.92 Å². The van der Waals surface area contributed by atoms with Gasteiger partial charge in [0.05, 0.1) is 10.9 Å². The Balaban J connectivity index is 1.75. The summed E-state index contributed by atoms with van der Waals surface area (Å²) in [6.07, 6.45) is 19.7. The van der Waals surface area contributed by atoms with Gasteiger partial charge < -0.3 is 4.74 Å². The summed E-state index contributed by atoms with van der Waals surface area (Å²) in [4.78, 5) is 17.9. The highest BCUT2D eigenvalue weighted by atomic mass is 16.5. The molecule has 5 heteroatoms. The topological polar surface area (TPSA) is 57.0 Å². The van der Waals surface area contributed by atoms with Gasteiger partial charge in [-0.15, -0.1) is 0 Å². The molecule has 0 fully saturated rings. The van der Waals surface area contributed by atoms with Gasteiger partial charge in [-0.2, -0.15) is 5.10 Å². The fraction of sp³-hybridized carbons (Fsp3) is 0.292. The minimum absolute atomic E-state index is 0.0137. The fourth-order valence-corrected chi connectivity index (χ4v) is 3.58. The Kier molecular flexibility index (Phi) is 5.30. The Labute approximate surface area is 170 Å². The third-order valence-electron chi connectivity index (χ3n) is 5.29. The molecule has 0 amide bonds. The van der Waals surface area contributed by atoms with Crippen molar-refractivity contribution in [2.75, 3.05) is 6.61 Å². The number of hydrogen-bond donors (Lipinski definition) is 0. The van der Waals surface area contributed by atoms with E-state index in [1.807, 2.05) is 45.3 Å². The minimum atomic E-state index is -0.0566. The Bertz CT molecular complexity index is 1110. The molecule has 4 rings (SSSR count). The maximum absolute atomic E-state index is 13.5. The first kappa shape index (κ1) is 19.1. The molecule has 29 heavy (non-hydrogen) atoms. The van der Waals surface area contributed by atoms with Gasteiger partial charge in [0.1, 0.15) is 12.4 Å². The van der Waals surface area contributed by atoms with E-state index in [2.05, 4.69) is 34.4 Å². The van der Waals surface area contributed by atoms with E-state index in [1.165, 1.54) is 5.57 Å². The molecule has 0 aromatic carbocycles. The zero-order chi connectivity index (χ0) is 20.4. The first-order chi connectivity index (χ1) is 14.0. The predicted octanol–water partition coefficient (Wildman–Crippen LogP) is 4.88. The molecule has 1 atom stereocenters. The summed E-state index contributed by atoms with van der Waals surface area (Å²) in [5.74, 6) is 0.518. The summed E-state index contributed by atoms with van der Waals surface area (Å²) < 4.78 is 7.92. The second-order valence-corrected chi connectivity index (χ2v) is 7.63. The van der Waals surface area contributed by atoms with E-state index in [9.17, 15) is 4.79 Å². The number of aryl methyl sites for hydroxylation is 1. The average Bonchev–Trinajstić information content (AvgIpc) is 3.02. The molecule has 0 spiro atoms. The van der Waals surface area contributed by atoms with Gasteiger partial charge in [0.25, 0.3) is 0 Å². The van der Waals surface area contributed by atoms with Crippen LogP contribution in [0.3, 0.4) is 0 Å². The number of rotatable bonds is 5. The van der Waals surface area contributed by atoms with Crippen molar-refractivity contribution in [2.45, 2.75) is 26.7 Å². The molecule has 0 saturated heterocycles. The van der Waals surface area contributed by atoms with Crippen LogP contribution in [0.5, 0.6) is 5.75 Å². The lowest BCUT2D eigenvalue weighted by atomic mass is 9.93. The lowest BCUT2D eigenvalue weighted by Crippen LogP contribution is -2.13. The molecule has 2 aliphatic carbocycles. The van der Waals surface area contributed by atoms with Gasteiger partial charge in [-0.3, -0.25) is 9.48 Å². The Morgan fingerprint density at radius 1 is 1.31 bits per heavy atom. The number of fused-ring (bicyclic) bond motifs is 1. The molecular weight excluding hydrogens is 362 g/mol. The van der Waals surface area contributed by atoms with E-state index in [0.717, 1.165) is 29.4 Å². The number of allylic oxidation sites excluding steroid dienone is 9. The summed E-state index contributed by atoms with van der Waals surface area (Å²) in [6.45, 7) is 4.51. The van der Waals surface area contributed by atoms with E-state index in [-0.39, 0.29) is 11.7 Å². The number of carbonyl (C=O) groups is 1. The molecule has 0 saturated carbocycles. The van der Waals surface area contributed by atoms with Crippen LogP contribution < -0.4 is 4.74 Å². The van der Waals surface area contributed by atoms with Gasteiger partial charge in [-0.05, 0) is 25.3 Å². The largest absolute Gasteiger partial charge is 0.488 e. The number of aromatic nitrogens is 3. The van der Waals surface area contributed by atoms with Crippen LogP contribution in [0.25, 0.3) is 11.0 Å². The first-order valence-electron chi connectivity index (χ1n) is 9.94. The maximum Gasteiger partial charge on any atom is 0.194 e. The third kappa shape index (κ3) is 3.99. The van der Waals surface area contributed by atoms with Crippen LogP contribution in [0.4, 0.5) is 0 Å². The van der Waals surface area contributed by atoms with Gasteiger partial charge >= 0.3 is 0 Å². The van der Waals surface area contributed by atoms with Crippen LogP contribution in [-0.2, 0) is 7.05 Å². The minimum Gasteiger partial charge on any atom is -0.488 e. The molecule has 5 nitrogen and oxygen atoms in total. The maximum atomic E-state index is 13.5. The average molecular weight is 387 g/mol. The molecule has 2 aromatic heterocycles. The second-order valence-electron chi connectivity index (χ2n) is 7.63. The molecule has 0 bridgehead atoms. The van der Waals surface area contributed by atoms with Gasteiger partial charge in [0.2, 0.25) is 0 Å². The highest BCUT2D eigenvalue weighted by molar-refractivity contribution is 6.13. The molecule has 0 radical (unpaired) electrons. The van der Waals surface area contributed by atoms with Crippen LogP contribution in [0.2, 0.25) is 0 Å². The zero-order valence-corrected chi connectivity index (χ0v) is 17.1. The van der Waals surface area contributed by atoms with E-state index in [0.29, 0.717) is 23.6 Å². The molecule has 2 aromatic rings. The van der Waals surface area contributed by atoms with Crippen molar-refractivity contribution in [3.05, 3.63) is 77.2 Å². The molecule has 1 unspecified atom stereocenters. The van der Waals surface area contributed by atoms with Crippen molar-refractivity contribution in [3.63, 3.8) is 0 Å². The van der Waals surface area contributed by atoms with Crippen molar-refractivity contribution in [2.24, 2.45) is 13.0 Å². The number of pyridine rings is 1. The smallest absolute Gasteiger partial charge is 0.194 e. The van der Waals surface area contributed by atoms with Gasteiger partial charge in [-0.1, -0.05) is 55.0 Å². The standard InChI is InChI=1S/C24H25N3O2/c1-16-9-11-17(2)19(12-10-16)22(28)20-13-25-24-21(14-27(3)26-24)23(20)29-15-18-7-5-4-6-8-18/h4-5,7,9-14,17H,6,8,15H2,1-3H3. The lowest BCUT2D eigenvalue weighted by molar-refractivity contribution is 0.102. The number of ether oxygens (including phenoxy) is 1. The Morgan fingerprint density at radius 2 is 2.17 bits per heavy atom. The van der Waals surface area contributed by atoms with Crippen molar-refractivity contribution in [1.29, 1.82) is 0 Å². The van der Waals surface area contributed by atoms with Crippen LogP contribution in [0.15, 0.2) is 71.6 Å². The SMILES string of the molecule is CC1=CC=C(C(=O)c2cnc3nn(C)cc3c2OCC2=CC=CCC2)C(C)C=C1. The normalized spacial score (nSPS) is 18.9. The molecular formula is C24H25N3O2. The van der Waals surface area contributed by atoms with Gasteiger partial charge in [0, 0.05) is 30.9 Å². The van der Waals surface area contributed by atoms with Crippen LogP contribution >= 0.6 is 0 Å². The molecule has 0 aliphatic heterocycles. The summed E-state index contributed by atoms with van der Waals surface area (Å²) in [5.41, 5.74) is 4.12. The van der Waals surface area contributed by atoms with Crippen molar-refractivity contribution in [1.82, 2.24) is 14.8 Å². The zero-order valence-electron chi connectivity index (χ0n) is 17.1. The van der Waals surface area contributed by atoms with Crippen molar-refractivity contribution >= 4 is 16.8 Å². The lowest BCUT2D eigenvalue weighted by Gasteiger charge is -2.16. The number of Topliss-reactive ketones (excluding diaryl/α,β-unsaturated/α-hetero) is 1. The number of hydrogen-bond acceptors (Lipinski definition) is 4. The van der Waals surface area contributed by atoms with E-state index in [4.69, 9.17) is 4.74 Å². The summed E-state index contributed by atoms with van der Waals surface area (Å²) in [7, 11) is 1.84. The van der Waals surface area contributed by atoms with Gasteiger partial charge in [0.15, 0.2) is 11.4 Å². The highest BCUT2D eigenvalue weighted by Crippen LogP contribution is 2.32. The summed E-state index contributed by atoms with van der Waals surface area (Å²) in [6, 6.07) is 0. The number of nitrogens with zero attached hydrogens (tertiary/aromatic N) is 3. The fourth-order valence-electron chi connectivity index (χ4n) is 3.58. The second kappa shape index (κ2) is 8.03. The molecule has 0 N–H and O–H groups in total. The highest BCUT2D eigenvalue weighted by Gasteiger charge is 2.24. The van der Waals surface area contributed by atoms with Crippen molar-refractivity contribution in [3.8, 4) is 5.75 Å². The molecule has 2 heterocycles. The molecule has 2 aliphatic rings. The monoisotopic (exact) mass is 387 g/mol. The molecule has 148 valence electrons. The summed E-state index contributed by atoms with van der Waals surface area (Å²) in [5, 5.41) is 5.13. The van der Waals surface area contributed by atoms with Gasteiger partial charge in [-0.25, -0.2) is 4.98 Å². The van der Waals surface area contributed by atoms with E-state index < -0.39 is 0 Å². The van der Waals surface area contributed by atoms with Crippen molar-refractivity contribution < 1.29 is 9.53 Å². The number of carbonyl (C=O) groups excluding carboxylic acids is 1. The number of ketones is 1. The van der Waals surface area contributed by atoms with E-state index in [1.54, 1.807) is 10.9 Å².